The number of carboxylic acids is 1. The van der Waals surface area contributed by atoms with Crippen LogP contribution in [0.2, 0.25) is 0 Å². The van der Waals surface area contributed by atoms with Crippen LogP contribution in [0.1, 0.15) is 36.1 Å². The molecule has 7 nitrogen and oxygen atoms in total. The van der Waals surface area contributed by atoms with Crippen LogP contribution >= 0.6 is 0 Å². The summed E-state index contributed by atoms with van der Waals surface area (Å²) < 4.78 is 88.7. The molecule has 222 valence electrons. The van der Waals surface area contributed by atoms with Crippen molar-refractivity contribution in [1.82, 2.24) is 10.1 Å². The van der Waals surface area contributed by atoms with E-state index in [9.17, 15) is 36.2 Å². The molecule has 13 heteroatoms. The van der Waals surface area contributed by atoms with Gasteiger partial charge in [0.2, 0.25) is 0 Å². The molecule has 4 aromatic rings. The second-order valence-electron chi connectivity index (χ2n) is 9.90. The van der Waals surface area contributed by atoms with E-state index in [4.69, 9.17) is 9.26 Å². The van der Waals surface area contributed by atoms with Crippen molar-refractivity contribution in [2.75, 3.05) is 11.4 Å². The van der Waals surface area contributed by atoms with Crippen molar-refractivity contribution < 1.29 is 45.5 Å². The molecule has 1 aromatic heterocycles. The van der Waals surface area contributed by atoms with Gasteiger partial charge in [-0.05, 0) is 85.1 Å². The van der Waals surface area contributed by atoms with Gasteiger partial charge in [0, 0.05) is 18.7 Å². The second-order valence-corrected chi connectivity index (χ2v) is 9.90. The number of ether oxygens (including phenoxy) is 1. The van der Waals surface area contributed by atoms with Gasteiger partial charge in [-0.1, -0.05) is 24.3 Å². The van der Waals surface area contributed by atoms with Crippen LogP contribution in [0, 0.1) is 0 Å². The van der Waals surface area contributed by atoms with Gasteiger partial charge in [-0.15, -0.1) is 0 Å². The number of hydrogen-bond acceptors (Lipinski definition) is 6. The third-order valence-electron chi connectivity index (χ3n) is 6.29. The van der Waals surface area contributed by atoms with Gasteiger partial charge in [0.1, 0.15) is 5.75 Å². The van der Waals surface area contributed by atoms with E-state index in [1.807, 2.05) is 0 Å². The minimum Gasteiger partial charge on any atom is -0.478 e. The summed E-state index contributed by atoms with van der Waals surface area (Å²) in [7, 11) is 0. The third-order valence-corrected chi connectivity index (χ3v) is 6.29. The van der Waals surface area contributed by atoms with Crippen LogP contribution in [0.15, 0.2) is 77.3 Å². The quantitative estimate of drug-likeness (QED) is 0.194. The molecule has 0 amide bonds. The van der Waals surface area contributed by atoms with Crippen molar-refractivity contribution in [3.63, 3.8) is 0 Å². The Hall–Kier alpha value is -4.55. The summed E-state index contributed by atoms with van der Waals surface area (Å²) in [6.45, 7) is 3.24. The van der Waals surface area contributed by atoms with Gasteiger partial charge in [-0.25, -0.2) is 4.79 Å². The molecule has 0 radical (unpaired) electrons. The number of carboxylic acid groups (broad SMARTS) is 1. The van der Waals surface area contributed by atoms with E-state index >= 15 is 0 Å². The fraction of sp³-hybridized carbons (Fsp3) is 0.276. The molecule has 1 heterocycles. The molecule has 0 bridgehead atoms. The Bertz CT molecular complexity index is 1500. The lowest BCUT2D eigenvalue weighted by Gasteiger charge is -2.22. The number of nitrogens with zero attached hydrogens (tertiary/aromatic N) is 3. The first-order chi connectivity index (χ1) is 19.6. The normalized spacial score (nSPS) is 12.3. The molecular weight excluding hydrogens is 568 g/mol. The lowest BCUT2D eigenvalue weighted by molar-refractivity contribution is -0.152. The average Bonchev–Trinajstić information content (AvgIpc) is 3.41. The Labute approximate surface area is 236 Å². The summed E-state index contributed by atoms with van der Waals surface area (Å²) in [6, 6.07) is 15.5. The van der Waals surface area contributed by atoms with Gasteiger partial charge < -0.3 is 19.3 Å². The maximum absolute atomic E-state index is 13.0. The molecular formula is C29H25F6N3O4. The fourth-order valence-corrected chi connectivity index (χ4v) is 3.86. The van der Waals surface area contributed by atoms with Gasteiger partial charge >= 0.3 is 18.3 Å². The van der Waals surface area contributed by atoms with E-state index in [-0.39, 0.29) is 30.5 Å². The van der Waals surface area contributed by atoms with E-state index in [1.165, 1.54) is 38.1 Å². The van der Waals surface area contributed by atoms with E-state index in [0.717, 1.165) is 29.8 Å². The van der Waals surface area contributed by atoms with Crippen LogP contribution in [0.4, 0.5) is 32.3 Å². The van der Waals surface area contributed by atoms with E-state index in [1.54, 1.807) is 29.2 Å². The third kappa shape index (κ3) is 7.59. The zero-order chi connectivity index (χ0) is 30.7. The van der Waals surface area contributed by atoms with Crippen molar-refractivity contribution in [2.24, 2.45) is 0 Å². The summed E-state index contributed by atoms with van der Waals surface area (Å²) in [5.74, 6) is -0.708. The SMILES string of the molecule is CC(C)(Oc1ccc(CCN(Cc2ccc(C(F)(F)F)cc2)c2noc(-c3ccc(C(F)(F)F)cc3)n2)cc1)C(=O)O. The predicted octanol–water partition coefficient (Wildman–Crippen LogP) is 7.27. The Kier molecular flexibility index (Phi) is 8.50. The van der Waals surface area contributed by atoms with E-state index < -0.39 is 35.0 Å². The maximum Gasteiger partial charge on any atom is 0.416 e. The Morgan fingerprint density at radius 2 is 1.36 bits per heavy atom. The number of alkyl halides is 6. The van der Waals surface area contributed by atoms with Crippen molar-refractivity contribution >= 4 is 11.9 Å². The fourth-order valence-electron chi connectivity index (χ4n) is 3.86. The molecule has 1 N–H and O–H groups in total. The van der Waals surface area contributed by atoms with Crippen molar-refractivity contribution in [3.8, 4) is 17.2 Å². The topological polar surface area (TPSA) is 88.7 Å². The number of carbonyl (C=O) groups is 1. The zero-order valence-electron chi connectivity index (χ0n) is 22.3. The van der Waals surface area contributed by atoms with Crippen LogP contribution < -0.4 is 9.64 Å². The highest BCUT2D eigenvalue weighted by Gasteiger charge is 2.31. The predicted molar refractivity (Wildman–Crippen MR) is 140 cm³/mol. The number of aliphatic carboxylic acids is 1. The summed E-state index contributed by atoms with van der Waals surface area (Å²) in [6.07, 6.45) is -8.57. The lowest BCUT2D eigenvalue weighted by Crippen LogP contribution is -2.37. The number of aromatic nitrogens is 2. The molecule has 0 aliphatic heterocycles. The van der Waals surface area contributed by atoms with Gasteiger partial charge in [0.05, 0.1) is 11.1 Å². The first-order valence-electron chi connectivity index (χ1n) is 12.6. The first-order valence-corrected chi connectivity index (χ1v) is 12.6. The van der Waals surface area contributed by atoms with Gasteiger partial charge in [-0.3, -0.25) is 0 Å². The van der Waals surface area contributed by atoms with Crippen molar-refractivity contribution in [3.05, 3.63) is 95.1 Å². The van der Waals surface area contributed by atoms with E-state index in [2.05, 4.69) is 10.1 Å². The molecule has 0 aliphatic carbocycles. The summed E-state index contributed by atoms with van der Waals surface area (Å²) in [5, 5.41) is 13.2. The molecule has 0 fully saturated rings. The number of anilines is 1. The lowest BCUT2D eigenvalue weighted by atomic mass is 10.1. The largest absolute Gasteiger partial charge is 0.478 e. The van der Waals surface area contributed by atoms with Crippen LogP contribution in [0.3, 0.4) is 0 Å². The molecule has 0 spiro atoms. The number of halogens is 6. The Morgan fingerprint density at radius 1 is 0.833 bits per heavy atom. The molecule has 0 atom stereocenters. The van der Waals surface area contributed by atoms with Crippen LogP contribution in [0.5, 0.6) is 5.75 Å². The molecule has 0 saturated heterocycles. The average molecular weight is 594 g/mol. The number of rotatable bonds is 10. The zero-order valence-corrected chi connectivity index (χ0v) is 22.3. The second kappa shape index (κ2) is 11.7. The highest BCUT2D eigenvalue weighted by atomic mass is 19.4. The van der Waals surface area contributed by atoms with Gasteiger partial charge in [0.25, 0.3) is 11.8 Å². The van der Waals surface area contributed by atoms with Gasteiger partial charge in [-0.2, -0.15) is 31.3 Å². The van der Waals surface area contributed by atoms with Crippen molar-refractivity contribution in [1.29, 1.82) is 0 Å². The van der Waals surface area contributed by atoms with Crippen LogP contribution in [0.25, 0.3) is 11.5 Å². The molecule has 0 aliphatic rings. The smallest absolute Gasteiger partial charge is 0.416 e. The van der Waals surface area contributed by atoms with Crippen LogP contribution in [-0.2, 0) is 30.1 Å². The highest BCUT2D eigenvalue weighted by molar-refractivity contribution is 5.76. The Balaban J connectivity index is 1.54. The maximum atomic E-state index is 13.0. The molecule has 3 aromatic carbocycles. The number of benzene rings is 3. The van der Waals surface area contributed by atoms with E-state index in [0.29, 0.717) is 17.7 Å². The number of hydrogen-bond donors (Lipinski definition) is 1. The molecule has 0 saturated carbocycles. The summed E-state index contributed by atoms with van der Waals surface area (Å²) >= 11 is 0. The monoisotopic (exact) mass is 593 g/mol. The highest BCUT2D eigenvalue weighted by Crippen LogP contribution is 2.32. The summed E-state index contributed by atoms with van der Waals surface area (Å²) in [4.78, 5) is 17.3. The Morgan fingerprint density at radius 3 is 1.88 bits per heavy atom. The summed E-state index contributed by atoms with van der Waals surface area (Å²) in [5.41, 5.74) is -1.43. The van der Waals surface area contributed by atoms with Crippen molar-refractivity contribution in [2.45, 2.75) is 44.8 Å². The first kappa shape index (κ1) is 30.4. The standard InChI is InChI=1S/C29H25F6N3O4/c1-27(2,25(39)40)41-23-13-5-18(6-14-23)15-16-38(17-19-3-9-21(10-4-19)28(30,31)32)26-36-24(42-37-26)20-7-11-22(12-8-20)29(33,34)35/h3-14H,15-17H2,1-2H3,(H,39,40). The molecule has 0 unspecified atom stereocenters. The minimum atomic E-state index is -4.51. The molecule has 4 rings (SSSR count). The van der Waals surface area contributed by atoms with Gasteiger partial charge in [0.15, 0.2) is 5.60 Å². The minimum absolute atomic E-state index is 0.0290. The van der Waals surface area contributed by atoms with Crippen LogP contribution in [-0.4, -0.2) is 33.4 Å². The molecule has 42 heavy (non-hydrogen) atoms.